The lowest BCUT2D eigenvalue weighted by molar-refractivity contribution is -0.212. The van der Waals surface area contributed by atoms with Crippen LogP contribution >= 0.6 is 11.6 Å². The summed E-state index contributed by atoms with van der Waals surface area (Å²) >= 11 is 5.87. The van der Waals surface area contributed by atoms with Gasteiger partial charge in [0.25, 0.3) is 0 Å². The number of aliphatic hydroxyl groups excluding tert-OH is 1. The average Bonchev–Trinajstić information content (AvgIpc) is 3.10. The third-order valence-corrected chi connectivity index (χ3v) is 9.01. The molecule has 1 aromatic carbocycles. The standard InChI is InChI=1S/C22H27ClN2O3/c1-3-11-12-8-15-19-22(13-6-4-5-7-14(13)24(19)2)9-16(25(15)21(11)27)18(12)20(22)28-17(26)10-23/h4-7,11-12,15-16,18-21,27H,3,8-10H2,1-2H3/t11-,12-,15-,16-,18-,19-,20+,21?,22+/m0/s1. The van der Waals surface area contributed by atoms with Crippen LogP contribution in [0.25, 0.3) is 0 Å². The number of esters is 1. The lowest BCUT2D eigenvalue weighted by Gasteiger charge is -2.62. The van der Waals surface area contributed by atoms with Crippen molar-refractivity contribution in [2.45, 2.75) is 62.1 Å². The molecule has 10 atom stereocenters. The second-order valence-corrected chi connectivity index (χ2v) is 9.67. The van der Waals surface area contributed by atoms with Gasteiger partial charge >= 0.3 is 5.97 Å². The molecule has 1 aromatic rings. The minimum Gasteiger partial charge on any atom is -0.460 e. The van der Waals surface area contributed by atoms with E-state index in [2.05, 4.69) is 48.0 Å². The molecule has 5 nitrogen and oxygen atoms in total. The van der Waals surface area contributed by atoms with Gasteiger partial charge in [-0.05, 0) is 36.8 Å². The number of hydrogen-bond donors (Lipinski definition) is 1. The van der Waals surface area contributed by atoms with E-state index in [1.807, 2.05) is 0 Å². The summed E-state index contributed by atoms with van der Waals surface area (Å²) in [6, 6.07) is 9.40. The molecule has 6 heteroatoms. The van der Waals surface area contributed by atoms with Gasteiger partial charge in [-0.25, -0.2) is 0 Å². The van der Waals surface area contributed by atoms with Crippen molar-refractivity contribution >= 4 is 23.3 Å². The van der Waals surface area contributed by atoms with E-state index in [0.717, 1.165) is 19.3 Å². The summed E-state index contributed by atoms with van der Waals surface area (Å²) < 4.78 is 6.19. The molecule has 150 valence electrons. The van der Waals surface area contributed by atoms with Crippen molar-refractivity contribution < 1.29 is 14.6 Å². The maximum absolute atomic E-state index is 12.4. The van der Waals surface area contributed by atoms with E-state index in [4.69, 9.17) is 16.3 Å². The van der Waals surface area contributed by atoms with Gasteiger partial charge in [0, 0.05) is 36.7 Å². The first-order valence-electron chi connectivity index (χ1n) is 10.6. The maximum atomic E-state index is 12.4. The summed E-state index contributed by atoms with van der Waals surface area (Å²) in [6.07, 6.45) is 2.44. The third kappa shape index (κ3) is 1.76. The van der Waals surface area contributed by atoms with Gasteiger partial charge in [-0.3, -0.25) is 9.69 Å². The van der Waals surface area contributed by atoms with Crippen molar-refractivity contribution in [3.63, 3.8) is 0 Å². The van der Waals surface area contributed by atoms with E-state index in [1.54, 1.807) is 0 Å². The van der Waals surface area contributed by atoms with Crippen LogP contribution in [0, 0.1) is 17.8 Å². The number of piperidine rings is 4. The molecule has 7 rings (SSSR count). The summed E-state index contributed by atoms with van der Waals surface area (Å²) in [6.45, 7) is 2.17. The van der Waals surface area contributed by atoms with Crippen LogP contribution in [0.5, 0.6) is 0 Å². The number of aliphatic hydroxyl groups is 1. The van der Waals surface area contributed by atoms with Gasteiger partial charge in [-0.2, -0.15) is 0 Å². The lowest BCUT2D eigenvalue weighted by Crippen LogP contribution is -2.72. The van der Waals surface area contributed by atoms with Gasteiger partial charge in [-0.1, -0.05) is 25.1 Å². The third-order valence-electron chi connectivity index (χ3n) is 8.79. The van der Waals surface area contributed by atoms with Gasteiger partial charge in [0.15, 0.2) is 0 Å². The predicted molar refractivity (Wildman–Crippen MR) is 106 cm³/mol. The van der Waals surface area contributed by atoms with Crippen LogP contribution in [0.2, 0.25) is 0 Å². The Hall–Kier alpha value is -1.30. The Labute approximate surface area is 170 Å². The number of alkyl halides is 1. The minimum absolute atomic E-state index is 0.107. The van der Waals surface area contributed by atoms with Crippen LogP contribution in [-0.4, -0.2) is 59.4 Å². The largest absolute Gasteiger partial charge is 0.460 e. The van der Waals surface area contributed by atoms with E-state index >= 15 is 0 Å². The molecule has 0 amide bonds. The highest BCUT2D eigenvalue weighted by Crippen LogP contribution is 2.69. The first-order valence-corrected chi connectivity index (χ1v) is 11.1. The number of carbonyl (C=O) groups is 1. The van der Waals surface area contributed by atoms with Crippen molar-refractivity contribution in [1.82, 2.24) is 4.90 Å². The second-order valence-electron chi connectivity index (χ2n) is 9.41. The average molecular weight is 403 g/mol. The van der Waals surface area contributed by atoms with Crippen molar-refractivity contribution in [3.05, 3.63) is 29.8 Å². The zero-order valence-electron chi connectivity index (χ0n) is 16.3. The summed E-state index contributed by atoms with van der Waals surface area (Å²) in [7, 11) is 2.17. The van der Waals surface area contributed by atoms with Gasteiger partial charge in [-0.15, -0.1) is 11.6 Å². The van der Waals surface area contributed by atoms with Crippen LogP contribution in [-0.2, 0) is 14.9 Å². The number of fused-ring (bicyclic) bond motifs is 2. The predicted octanol–water partition coefficient (Wildman–Crippen LogP) is 2.34. The Morgan fingerprint density at radius 1 is 1.36 bits per heavy atom. The number of hydrogen-bond acceptors (Lipinski definition) is 5. The van der Waals surface area contributed by atoms with Crippen molar-refractivity contribution in [2.75, 3.05) is 17.8 Å². The van der Waals surface area contributed by atoms with Crippen LogP contribution in [0.15, 0.2) is 24.3 Å². The molecule has 5 bridgehead atoms. The van der Waals surface area contributed by atoms with Crippen LogP contribution in [0.1, 0.15) is 31.7 Å². The van der Waals surface area contributed by atoms with Crippen molar-refractivity contribution in [1.29, 1.82) is 0 Å². The number of anilines is 1. The molecule has 0 radical (unpaired) electrons. The van der Waals surface area contributed by atoms with E-state index in [-0.39, 0.29) is 53.5 Å². The molecule has 1 aliphatic carbocycles. The summed E-state index contributed by atoms with van der Waals surface area (Å²) in [5, 5.41) is 11.2. The molecule has 0 aromatic heterocycles. The molecule has 4 saturated heterocycles. The Bertz CT molecular complexity index is 849. The fraction of sp³-hybridized carbons (Fsp3) is 0.682. The SMILES string of the molecule is CC[C@@H]1C(O)N2[C@H]3C[C@@]45c6ccccc6N(C)[C@H]4[C@@H]2C[C@@H]1[C@@H]3[C@H]5OC(=O)CCl. The summed E-state index contributed by atoms with van der Waals surface area (Å²) in [5.41, 5.74) is 2.36. The van der Waals surface area contributed by atoms with E-state index < -0.39 is 0 Å². The molecule has 1 N–H and O–H groups in total. The number of likely N-dealkylation sites (N-methyl/N-ethyl adjacent to an activating group) is 1. The second kappa shape index (κ2) is 5.65. The Morgan fingerprint density at radius 2 is 2.14 bits per heavy atom. The highest BCUT2D eigenvalue weighted by atomic mass is 35.5. The fourth-order valence-corrected chi connectivity index (χ4v) is 8.26. The number of halogens is 1. The summed E-state index contributed by atoms with van der Waals surface area (Å²) in [4.78, 5) is 17.2. The molecule has 5 aliphatic heterocycles. The molecular weight excluding hydrogens is 376 g/mol. The molecule has 5 fully saturated rings. The molecule has 5 heterocycles. The topological polar surface area (TPSA) is 53.0 Å². The van der Waals surface area contributed by atoms with E-state index in [0.29, 0.717) is 12.0 Å². The number of para-hydroxylation sites is 1. The quantitative estimate of drug-likeness (QED) is 0.621. The first kappa shape index (κ1) is 17.5. The Balaban J connectivity index is 1.57. The smallest absolute Gasteiger partial charge is 0.321 e. The summed E-state index contributed by atoms with van der Waals surface area (Å²) in [5.74, 6) is 0.510. The lowest BCUT2D eigenvalue weighted by atomic mass is 9.62. The number of rotatable bonds is 3. The minimum atomic E-state index is -0.382. The number of carbonyl (C=O) groups excluding carboxylic acids is 1. The first-order chi connectivity index (χ1) is 13.5. The molecule has 28 heavy (non-hydrogen) atoms. The molecule has 1 saturated carbocycles. The highest BCUT2D eigenvalue weighted by molar-refractivity contribution is 6.26. The number of benzene rings is 1. The fourth-order valence-electron chi connectivity index (χ4n) is 8.20. The Kier molecular flexibility index (Phi) is 3.54. The van der Waals surface area contributed by atoms with Gasteiger partial charge in [0.2, 0.25) is 0 Å². The number of nitrogens with zero attached hydrogens (tertiary/aromatic N) is 2. The number of ether oxygens (including phenoxy) is 1. The van der Waals surface area contributed by atoms with Gasteiger partial charge < -0.3 is 14.7 Å². The molecule has 6 aliphatic rings. The maximum Gasteiger partial charge on any atom is 0.321 e. The van der Waals surface area contributed by atoms with E-state index in [1.165, 1.54) is 11.3 Å². The highest BCUT2D eigenvalue weighted by Gasteiger charge is 2.77. The normalized spacial score (nSPS) is 49.3. The van der Waals surface area contributed by atoms with Crippen molar-refractivity contribution in [2.24, 2.45) is 17.8 Å². The van der Waals surface area contributed by atoms with Crippen LogP contribution < -0.4 is 4.90 Å². The zero-order chi connectivity index (χ0) is 19.4. The van der Waals surface area contributed by atoms with Crippen molar-refractivity contribution in [3.8, 4) is 0 Å². The van der Waals surface area contributed by atoms with Gasteiger partial charge in [0.1, 0.15) is 18.2 Å². The zero-order valence-corrected chi connectivity index (χ0v) is 17.0. The Morgan fingerprint density at radius 3 is 2.89 bits per heavy atom. The monoisotopic (exact) mass is 402 g/mol. The van der Waals surface area contributed by atoms with Gasteiger partial charge in [0.05, 0.1) is 11.5 Å². The molecule has 2 unspecified atom stereocenters. The molecular formula is C22H27ClN2O3. The van der Waals surface area contributed by atoms with Crippen LogP contribution in [0.3, 0.4) is 0 Å². The van der Waals surface area contributed by atoms with Crippen LogP contribution in [0.4, 0.5) is 5.69 Å². The van der Waals surface area contributed by atoms with E-state index in [9.17, 15) is 9.90 Å². The molecule has 1 spiro atoms.